The summed E-state index contributed by atoms with van der Waals surface area (Å²) in [5.41, 5.74) is -0.614. The number of nitrogens with one attached hydrogen (secondary N) is 1. The van der Waals surface area contributed by atoms with Gasteiger partial charge >= 0.3 is 0 Å². The average molecular weight is 155 g/mol. The van der Waals surface area contributed by atoms with Gasteiger partial charge in [0.05, 0.1) is 12.0 Å². The Morgan fingerprint density at radius 2 is 2.00 bits per heavy atom. The van der Waals surface area contributed by atoms with Gasteiger partial charge in [0.2, 0.25) is 5.91 Å². The Morgan fingerprint density at radius 3 is 2.18 bits per heavy atom. The van der Waals surface area contributed by atoms with Gasteiger partial charge in [-0.05, 0) is 12.8 Å². The van der Waals surface area contributed by atoms with Gasteiger partial charge in [-0.25, -0.2) is 0 Å². The zero-order valence-corrected chi connectivity index (χ0v) is 7.10. The molecule has 1 aliphatic rings. The molecule has 1 N–H and O–H groups in total. The molecule has 1 amide bonds. The molecular weight excluding hydrogens is 142 g/mol. The summed E-state index contributed by atoms with van der Waals surface area (Å²) < 4.78 is 0. The van der Waals surface area contributed by atoms with Crippen LogP contribution in [0.5, 0.6) is 0 Å². The first-order chi connectivity index (χ1) is 4.97. The van der Waals surface area contributed by atoms with E-state index in [1.165, 1.54) is 0 Å². The molecule has 3 nitrogen and oxygen atoms in total. The minimum absolute atomic E-state index is 0.0116. The second-order valence-electron chi connectivity index (χ2n) is 3.51. The Labute approximate surface area is 66.2 Å². The third-order valence-electron chi connectivity index (χ3n) is 2.45. The van der Waals surface area contributed by atoms with Gasteiger partial charge in [0.1, 0.15) is 0 Å². The van der Waals surface area contributed by atoms with Gasteiger partial charge in [-0.15, -0.1) is 0 Å². The highest BCUT2D eigenvalue weighted by Gasteiger charge is 2.43. The summed E-state index contributed by atoms with van der Waals surface area (Å²) >= 11 is 0. The summed E-state index contributed by atoms with van der Waals surface area (Å²) in [5.74, 6) is 0.0325. The maximum absolute atomic E-state index is 11.3. The quantitative estimate of drug-likeness (QED) is 0.560. The fraction of sp³-hybridized carbons (Fsp3) is 0.750. The van der Waals surface area contributed by atoms with Crippen molar-refractivity contribution in [3.8, 4) is 0 Å². The standard InChI is InChI=1S/C8H13NO2/c1-5(2)8(3)6(10)4-7(11)9-8/h5H,4H2,1-3H3,(H,9,11). The molecule has 3 heteroatoms. The molecule has 0 aromatic heterocycles. The third-order valence-corrected chi connectivity index (χ3v) is 2.45. The molecule has 1 saturated heterocycles. The van der Waals surface area contributed by atoms with E-state index in [2.05, 4.69) is 5.32 Å². The molecule has 62 valence electrons. The van der Waals surface area contributed by atoms with Crippen molar-refractivity contribution in [3.05, 3.63) is 0 Å². The van der Waals surface area contributed by atoms with Gasteiger partial charge in [-0.2, -0.15) is 0 Å². The molecule has 0 aliphatic carbocycles. The van der Waals surface area contributed by atoms with E-state index < -0.39 is 5.54 Å². The molecule has 0 saturated carbocycles. The van der Waals surface area contributed by atoms with Crippen LogP contribution >= 0.6 is 0 Å². The van der Waals surface area contributed by atoms with Crippen molar-refractivity contribution >= 4 is 11.7 Å². The number of carbonyl (C=O) groups excluding carboxylic acids is 2. The maximum Gasteiger partial charge on any atom is 0.228 e. The van der Waals surface area contributed by atoms with Crippen LogP contribution in [0.3, 0.4) is 0 Å². The number of rotatable bonds is 1. The van der Waals surface area contributed by atoms with E-state index in [0.29, 0.717) is 0 Å². The van der Waals surface area contributed by atoms with Crippen LogP contribution in [0.15, 0.2) is 0 Å². The van der Waals surface area contributed by atoms with E-state index in [-0.39, 0.29) is 24.0 Å². The fourth-order valence-electron chi connectivity index (χ4n) is 1.20. The number of amides is 1. The molecule has 0 bridgehead atoms. The van der Waals surface area contributed by atoms with Crippen molar-refractivity contribution in [2.75, 3.05) is 0 Å². The van der Waals surface area contributed by atoms with Crippen LogP contribution in [0.4, 0.5) is 0 Å². The van der Waals surface area contributed by atoms with Crippen molar-refractivity contribution < 1.29 is 9.59 Å². The second kappa shape index (κ2) is 2.32. The largest absolute Gasteiger partial charge is 0.343 e. The minimum atomic E-state index is -0.614. The Balaban J connectivity index is 2.87. The zero-order chi connectivity index (χ0) is 8.65. The first kappa shape index (κ1) is 8.24. The van der Waals surface area contributed by atoms with Crippen LogP contribution in [-0.2, 0) is 9.59 Å². The number of ketones is 1. The van der Waals surface area contributed by atoms with Crippen LogP contribution < -0.4 is 5.32 Å². The fourth-order valence-corrected chi connectivity index (χ4v) is 1.20. The maximum atomic E-state index is 11.3. The molecule has 1 unspecified atom stereocenters. The first-order valence-corrected chi connectivity index (χ1v) is 3.81. The van der Waals surface area contributed by atoms with Crippen molar-refractivity contribution in [1.29, 1.82) is 0 Å². The summed E-state index contributed by atoms with van der Waals surface area (Å²) in [6.07, 6.45) is 0.0503. The van der Waals surface area contributed by atoms with E-state index in [1.807, 2.05) is 13.8 Å². The lowest BCUT2D eigenvalue weighted by Gasteiger charge is -2.26. The van der Waals surface area contributed by atoms with Crippen molar-refractivity contribution in [2.24, 2.45) is 5.92 Å². The van der Waals surface area contributed by atoms with Gasteiger partial charge in [-0.3, -0.25) is 9.59 Å². The van der Waals surface area contributed by atoms with Crippen LogP contribution in [-0.4, -0.2) is 17.2 Å². The van der Waals surface area contributed by atoms with E-state index in [1.54, 1.807) is 6.92 Å². The van der Waals surface area contributed by atoms with Gasteiger partial charge in [0.15, 0.2) is 5.78 Å². The smallest absolute Gasteiger partial charge is 0.228 e. The highest BCUT2D eigenvalue weighted by atomic mass is 16.2. The van der Waals surface area contributed by atoms with Crippen LogP contribution in [0.1, 0.15) is 27.2 Å². The Hall–Kier alpha value is -0.860. The highest BCUT2D eigenvalue weighted by Crippen LogP contribution is 2.23. The highest BCUT2D eigenvalue weighted by molar-refractivity contribution is 6.10. The van der Waals surface area contributed by atoms with Crippen LogP contribution in [0, 0.1) is 5.92 Å². The molecule has 0 spiro atoms. The molecule has 0 aromatic rings. The summed E-state index contributed by atoms with van der Waals surface area (Å²) in [6.45, 7) is 5.65. The van der Waals surface area contributed by atoms with Gasteiger partial charge in [-0.1, -0.05) is 13.8 Å². The Kier molecular flexibility index (Phi) is 1.74. The van der Waals surface area contributed by atoms with Crippen LogP contribution in [0.25, 0.3) is 0 Å². The molecule has 11 heavy (non-hydrogen) atoms. The molecule has 0 aromatic carbocycles. The lowest BCUT2D eigenvalue weighted by Crippen LogP contribution is -2.47. The SMILES string of the molecule is CC(C)C1(C)NC(=O)CC1=O. The normalized spacial score (nSPS) is 31.3. The lowest BCUT2D eigenvalue weighted by atomic mass is 9.86. The Morgan fingerprint density at radius 1 is 1.45 bits per heavy atom. The van der Waals surface area contributed by atoms with Crippen molar-refractivity contribution in [1.82, 2.24) is 5.32 Å². The minimum Gasteiger partial charge on any atom is -0.343 e. The monoisotopic (exact) mass is 155 g/mol. The topological polar surface area (TPSA) is 46.2 Å². The third kappa shape index (κ3) is 1.15. The summed E-state index contributed by atoms with van der Waals surface area (Å²) in [6, 6.07) is 0. The Bertz CT molecular complexity index is 210. The van der Waals surface area contributed by atoms with E-state index >= 15 is 0 Å². The molecule has 0 radical (unpaired) electrons. The van der Waals surface area contributed by atoms with E-state index in [0.717, 1.165) is 0 Å². The summed E-state index contributed by atoms with van der Waals surface area (Å²) in [5, 5.41) is 2.69. The van der Waals surface area contributed by atoms with Crippen molar-refractivity contribution in [2.45, 2.75) is 32.7 Å². The van der Waals surface area contributed by atoms with E-state index in [9.17, 15) is 9.59 Å². The second-order valence-corrected chi connectivity index (χ2v) is 3.51. The molecular formula is C8H13NO2. The van der Waals surface area contributed by atoms with Gasteiger partial charge in [0.25, 0.3) is 0 Å². The average Bonchev–Trinajstić information content (AvgIpc) is 2.08. The lowest BCUT2D eigenvalue weighted by molar-refractivity contribution is -0.123. The summed E-state index contributed by atoms with van der Waals surface area (Å²) in [7, 11) is 0. The zero-order valence-electron chi connectivity index (χ0n) is 7.10. The molecule has 1 fully saturated rings. The first-order valence-electron chi connectivity index (χ1n) is 3.81. The molecule has 1 aliphatic heterocycles. The van der Waals surface area contributed by atoms with E-state index in [4.69, 9.17) is 0 Å². The van der Waals surface area contributed by atoms with Crippen LogP contribution in [0.2, 0.25) is 0 Å². The predicted molar refractivity (Wildman–Crippen MR) is 41.0 cm³/mol. The predicted octanol–water partition coefficient (Wildman–Crippen LogP) is 0.490. The number of hydrogen-bond acceptors (Lipinski definition) is 2. The number of hydrogen-bond donors (Lipinski definition) is 1. The van der Waals surface area contributed by atoms with Gasteiger partial charge in [0, 0.05) is 0 Å². The van der Waals surface area contributed by atoms with Gasteiger partial charge < -0.3 is 5.32 Å². The summed E-state index contributed by atoms with van der Waals surface area (Å²) in [4.78, 5) is 22.1. The molecule has 1 atom stereocenters. The van der Waals surface area contributed by atoms with Crippen molar-refractivity contribution in [3.63, 3.8) is 0 Å². The number of carbonyl (C=O) groups is 2. The molecule has 1 rings (SSSR count). The number of Topliss-reactive ketones (excluding diaryl/α,β-unsaturated/α-hetero) is 1. The molecule has 1 heterocycles.